The third-order valence-corrected chi connectivity index (χ3v) is 6.55. The molecule has 154 valence electrons. The average molecular weight is 411 g/mol. The van der Waals surface area contributed by atoms with Gasteiger partial charge < -0.3 is 5.73 Å². The van der Waals surface area contributed by atoms with Gasteiger partial charge in [0.15, 0.2) is 0 Å². The largest absolute Gasteiger partial charge is 0.397 e. The second-order valence-electron chi connectivity index (χ2n) is 8.29. The Morgan fingerprint density at radius 1 is 1.32 bits per heavy atom. The Morgan fingerprint density at radius 3 is 2.84 bits per heavy atom. The number of hydrogen-bond acceptors (Lipinski definition) is 7. The van der Waals surface area contributed by atoms with Crippen LogP contribution in [0, 0.1) is 40.4 Å². The van der Waals surface area contributed by atoms with Crippen LogP contribution in [0.2, 0.25) is 0 Å². The number of aromatic nitrogens is 5. The van der Waals surface area contributed by atoms with Gasteiger partial charge in [-0.2, -0.15) is 20.7 Å². The molecule has 2 fully saturated rings. The zero-order chi connectivity index (χ0) is 21.6. The Bertz CT molecular complexity index is 1280. The van der Waals surface area contributed by atoms with E-state index < -0.39 is 0 Å². The molecule has 0 aromatic carbocycles. The highest BCUT2D eigenvalue weighted by Gasteiger charge is 2.62. The highest BCUT2D eigenvalue weighted by molar-refractivity contribution is 5.84. The lowest BCUT2D eigenvalue weighted by molar-refractivity contribution is 0.234. The van der Waals surface area contributed by atoms with Crippen LogP contribution < -0.4 is 5.73 Å². The maximum atomic E-state index is 9.47. The molecule has 9 heteroatoms. The molecule has 9 nitrogen and oxygen atoms in total. The molecular weight excluding hydrogens is 390 g/mol. The van der Waals surface area contributed by atoms with Gasteiger partial charge in [0.05, 0.1) is 65.5 Å². The fraction of sp³-hybridized carbons (Fsp3) is 0.364. The normalized spacial score (nSPS) is 27.3. The molecule has 0 spiro atoms. The number of hydrogen-bond donors (Lipinski definition) is 1. The van der Waals surface area contributed by atoms with Crippen LogP contribution in [0.3, 0.4) is 0 Å². The third kappa shape index (κ3) is 2.98. The van der Waals surface area contributed by atoms with Gasteiger partial charge in [-0.3, -0.25) is 9.67 Å². The van der Waals surface area contributed by atoms with E-state index in [-0.39, 0.29) is 11.5 Å². The lowest BCUT2D eigenvalue weighted by Gasteiger charge is -2.29. The van der Waals surface area contributed by atoms with Crippen LogP contribution in [-0.4, -0.2) is 37.6 Å². The molecule has 2 aliphatic rings. The average Bonchev–Trinajstić information content (AvgIpc) is 3.26. The van der Waals surface area contributed by atoms with Crippen molar-refractivity contribution in [3.05, 3.63) is 42.6 Å². The second kappa shape index (κ2) is 7.06. The maximum Gasteiger partial charge on any atom is 0.105 e. The minimum absolute atomic E-state index is 0.132. The molecule has 5 rings (SSSR count). The SMILES string of the molecule is CN=CC=C(N)c1cn2nccc2c(-c2cnn(C3(CC#N)CC4C(C#N)C4C3)c2)n1. The van der Waals surface area contributed by atoms with Gasteiger partial charge in [-0.25, -0.2) is 9.50 Å². The minimum Gasteiger partial charge on any atom is -0.397 e. The van der Waals surface area contributed by atoms with E-state index in [1.807, 2.05) is 16.9 Å². The number of nitrogens with zero attached hydrogens (tertiary/aromatic N) is 8. The quantitative estimate of drug-likeness (QED) is 0.641. The highest BCUT2D eigenvalue weighted by atomic mass is 15.3. The standard InChI is InChI=1S/C22H21N9/c1-26-6-2-18(25)19-13-30-20(3-7-27-30)21(29-19)14-11-28-31(12-14)22(4-5-23)8-15-16(9-22)17(15)10-24/h2-3,6-7,11-13,15-17H,4,8-9,25H2,1H3. The van der Waals surface area contributed by atoms with Gasteiger partial charge in [-0.15, -0.1) is 0 Å². The van der Waals surface area contributed by atoms with Gasteiger partial charge in [0.1, 0.15) is 5.69 Å². The van der Waals surface area contributed by atoms with Gasteiger partial charge in [0.2, 0.25) is 0 Å². The fourth-order valence-corrected chi connectivity index (χ4v) is 4.94. The molecule has 3 heterocycles. The van der Waals surface area contributed by atoms with Crippen molar-refractivity contribution in [3.8, 4) is 23.4 Å². The van der Waals surface area contributed by atoms with E-state index in [0.717, 1.165) is 29.6 Å². The van der Waals surface area contributed by atoms with Crippen molar-refractivity contribution >= 4 is 17.4 Å². The van der Waals surface area contributed by atoms with Gasteiger partial charge in [-0.1, -0.05) is 0 Å². The summed E-state index contributed by atoms with van der Waals surface area (Å²) in [6.45, 7) is 0. The molecule has 2 atom stereocenters. The Kier molecular flexibility index (Phi) is 4.33. The summed E-state index contributed by atoms with van der Waals surface area (Å²) in [7, 11) is 1.68. The molecule has 0 bridgehead atoms. The van der Waals surface area contributed by atoms with Crippen molar-refractivity contribution in [1.82, 2.24) is 24.4 Å². The first-order valence-electron chi connectivity index (χ1n) is 10.1. The van der Waals surface area contributed by atoms with E-state index in [1.54, 1.807) is 42.4 Å². The molecular formula is C22H21N9. The Labute approximate surface area is 179 Å². The predicted octanol–water partition coefficient (Wildman–Crippen LogP) is 2.38. The smallest absolute Gasteiger partial charge is 0.105 e. The van der Waals surface area contributed by atoms with Crippen molar-refractivity contribution in [1.29, 1.82) is 10.5 Å². The molecule has 2 saturated carbocycles. The van der Waals surface area contributed by atoms with Crippen LogP contribution in [-0.2, 0) is 5.54 Å². The number of nitriles is 2. The Hall–Kier alpha value is -3.98. The summed E-state index contributed by atoms with van der Waals surface area (Å²) in [4.78, 5) is 8.71. The van der Waals surface area contributed by atoms with Crippen LogP contribution in [0.1, 0.15) is 25.0 Å². The molecule has 0 saturated heterocycles. The first kappa shape index (κ1) is 19.0. The summed E-state index contributed by atoms with van der Waals surface area (Å²) in [6.07, 6.45) is 12.5. The lowest BCUT2D eigenvalue weighted by atomic mass is 9.88. The highest BCUT2D eigenvalue weighted by Crippen LogP contribution is 2.63. The number of aliphatic imine (C=N–C) groups is 1. The summed E-state index contributed by atoms with van der Waals surface area (Å²) < 4.78 is 3.66. The number of fused-ring (bicyclic) bond motifs is 2. The monoisotopic (exact) mass is 411 g/mol. The van der Waals surface area contributed by atoms with Crippen LogP contribution in [0.5, 0.6) is 0 Å². The van der Waals surface area contributed by atoms with Gasteiger partial charge in [0, 0.05) is 25.0 Å². The summed E-state index contributed by atoms with van der Waals surface area (Å²) in [5, 5.41) is 27.7. The first-order valence-corrected chi connectivity index (χ1v) is 10.1. The zero-order valence-corrected chi connectivity index (χ0v) is 17.0. The van der Waals surface area contributed by atoms with Crippen molar-refractivity contribution in [2.24, 2.45) is 28.5 Å². The van der Waals surface area contributed by atoms with Gasteiger partial charge in [-0.05, 0) is 36.8 Å². The fourth-order valence-electron chi connectivity index (χ4n) is 4.94. The molecule has 2 aliphatic carbocycles. The number of allylic oxidation sites excluding steroid dienone is 1. The summed E-state index contributed by atoms with van der Waals surface area (Å²) in [6, 6.07) is 6.62. The zero-order valence-electron chi connectivity index (χ0n) is 17.0. The van der Waals surface area contributed by atoms with Crippen molar-refractivity contribution in [3.63, 3.8) is 0 Å². The molecule has 0 amide bonds. The third-order valence-electron chi connectivity index (χ3n) is 6.55. The van der Waals surface area contributed by atoms with Gasteiger partial charge >= 0.3 is 0 Å². The molecule has 2 unspecified atom stereocenters. The van der Waals surface area contributed by atoms with Crippen LogP contribution in [0.25, 0.3) is 22.5 Å². The number of nitrogens with two attached hydrogens (primary N) is 1. The minimum atomic E-state index is -0.361. The molecule has 3 aromatic heterocycles. The van der Waals surface area contributed by atoms with Crippen LogP contribution in [0.15, 0.2) is 41.9 Å². The maximum absolute atomic E-state index is 9.47. The first-order chi connectivity index (χ1) is 15.1. The summed E-state index contributed by atoms with van der Waals surface area (Å²) in [5.74, 6) is 0.881. The van der Waals surface area contributed by atoms with E-state index in [4.69, 9.17) is 10.7 Å². The van der Waals surface area contributed by atoms with Gasteiger partial charge in [0.25, 0.3) is 0 Å². The molecule has 3 aromatic rings. The van der Waals surface area contributed by atoms with E-state index in [1.165, 1.54) is 0 Å². The number of rotatable bonds is 5. The second-order valence-corrected chi connectivity index (χ2v) is 8.29. The molecule has 2 N–H and O–H groups in total. The van der Waals surface area contributed by atoms with E-state index in [0.29, 0.717) is 29.6 Å². The van der Waals surface area contributed by atoms with Crippen LogP contribution in [0.4, 0.5) is 0 Å². The summed E-state index contributed by atoms with van der Waals surface area (Å²) >= 11 is 0. The van der Waals surface area contributed by atoms with Crippen molar-refractivity contribution in [2.45, 2.75) is 24.8 Å². The predicted molar refractivity (Wildman–Crippen MR) is 114 cm³/mol. The van der Waals surface area contributed by atoms with Crippen LogP contribution >= 0.6 is 0 Å². The van der Waals surface area contributed by atoms with Crippen molar-refractivity contribution < 1.29 is 0 Å². The topological polar surface area (TPSA) is 134 Å². The lowest BCUT2D eigenvalue weighted by Crippen LogP contribution is -2.33. The van der Waals surface area contributed by atoms with E-state index in [9.17, 15) is 10.5 Å². The molecule has 0 aliphatic heterocycles. The Balaban J connectivity index is 1.55. The summed E-state index contributed by atoms with van der Waals surface area (Å²) in [5.41, 5.74) is 9.28. The van der Waals surface area contributed by atoms with E-state index >= 15 is 0 Å². The molecule has 0 radical (unpaired) electrons. The van der Waals surface area contributed by atoms with Crippen molar-refractivity contribution in [2.75, 3.05) is 7.05 Å². The molecule has 31 heavy (non-hydrogen) atoms. The Morgan fingerprint density at radius 2 is 2.13 bits per heavy atom. The van der Waals surface area contributed by atoms with E-state index in [2.05, 4.69) is 27.3 Å².